The van der Waals surface area contributed by atoms with Crippen LogP contribution in [0.4, 0.5) is 0 Å². The van der Waals surface area contributed by atoms with Crippen LogP contribution in [0.3, 0.4) is 0 Å². The number of phenols is 1. The van der Waals surface area contributed by atoms with Gasteiger partial charge in [-0.25, -0.2) is 0 Å². The van der Waals surface area contributed by atoms with Gasteiger partial charge < -0.3 is 38.6 Å². The first-order valence-corrected chi connectivity index (χ1v) is 8.58. The fourth-order valence-electron chi connectivity index (χ4n) is 3.28. The molecule has 0 saturated carbocycles. The fraction of sp³-hybridized carbons (Fsp3) is 0.350. The standard InChI is InChI=1S/C20H22O9/c1-24-11-6-9(7-12(25-2)15(11)21)18-17(23)16(22)14-10(29-18)8-13(26-3)19(27-4)20(14)28-5/h6-8,17-18,21,23H,1-5H3/t17-,18-/m0/s1. The Morgan fingerprint density at radius 2 is 1.38 bits per heavy atom. The zero-order valence-electron chi connectivity index (χ0n) is 16.6. The molecular formula is C20H22O9. The number of aliphatic hydroxyl groups excluding tert-OH is 1. The van der Waals surface area contributed by atoms with Crippen molar-refractivity contribution < 1.29 is 43.4 Å². The number of hydrogen-bond acceptors (Lipinski definition) is 9. The Hall–Kier alpha value is -3.33. The Balaban J connectivity index is 2.16. The Labute approximate surface area is 167 Å². The zero-order valence-corrected chi connectivity index (χ0v) is 16.6. The monoisotopic (exact) mass is 406 g/mol. The molecule has 0 bridgehead atoms. The van der Waals surface area contributed by atoms with E-state index in [0.29, 0.717) is 11.3 Å². The smallest absolute Gasteiger partial charge is 0.204 e. The second-order valence-corrected chi connectivity index (χ2v) is 6.14. The molecule has 0 aromatic heterocycles. The average Bonchev–Trinajstić information content (AvgIpc) is 2.74. The van der Waals surface area contributed by atoms with Crippen LogP contribution in [-0.4, -0.2) is 57.6 Å². The second-order valence-electron chi connectivity index (χ2n) is 6.14. The molecule has 0 amide bonds. The van der Waals surface area contributed by atoms with Crippen LogP contribution in [0.2, 0.25) is 0 Å². The first-order chi connectivity index (χ1) is 13.9. The van der Waals surface area contributed by atoms with Crippen LogP contribution in [0.5, 0.6) is 40.2 Å². The highest BCUT2D eigenvalue weighted by Crippen LogP contribution is 2.50. The molecular weight excluding hydrogens is 384 g/mol. The molecule has 2 aromatic carbocycles. The summed E-state index contributed by atoms with van der Waals surface area (Å²) in [5.74, 6) is 0.174. The van der Waals surface area contributed by atoms with Crippen molar-refractivity contribution in [2.24, 2.45) is 0 Å². The molecule has 2 aromatic rings. The number of Topliss-reactive ketones (excluding diaryl/α,β-unsaturated/α-hetero) is 1. The number of rotatable bonds is 6. The summed E-state index contributed by atoms with van der Waals surface area (Å²) >= 11 is 0. The van der Waals surface area contributed by atoms with Crippen LogP contribution < -0.4 is 28.4 Å². The number of carbonyl (C=O) groups is 1. The predicted molar refractivity (Wildman–Crippen MR) is 101 cm³/mol. The summed E-state index contributed by atoms with van der Waals surface area (Å²) in [6, 6.07) is 4.41. The summed E-state index contributed by atoms with van der Waals surface area (Å²) < 4.78 is 32.2. The number of ketones is 1. The van der Waals surface area contributed by atoms with Crippen molar-refractivity contribution in [1.82, 2.24) is 0 Å². The topological polar surface area (TPSA) is 113 Å². The van der Waals surface area contributed by atoms with E-state index in [1.54, 1.807) is 0 Å². The number of ether oxygens (including phenoxy) is 6. The quantitative estimate of drug-likeness (QED) is 0.745. The van der Waals surface area contributed by atoms with Gasteiger partial charge in [-0.3, -0.25) is 4.79 Å². The minimum absolute atomic E-state index is 0.0478. The molecule has 0 spiro atoms. The number of benzene rings is 2. The van der Waals surface area contributed by atoms with Gasteiger partial charge in [0.05, 0.1) is 35.5 Å². The Bertz CT molecular complexity index is 913. The molecule has 0 aliphatic carbocycles. The fourth-order valence-corrected chi connectivity index (χ4v) is 3.28. The molecule has 29 heavy (non-hydrogen) atoms. The molecule has 3 rings (SSSR count). The number of carbonyl (C=O) groups excluding carboxylic acids is 1. The number of fused-ring (bicyclic) bond motifs is 1. The number of phenolic OH excluding ortho intramolecular Hbond substituents is 1. The molecule has 156 valence electrons. The Kier molecular flexibility index (Phi) is 5.60. The lowest BCUT2D eigenvalue weighted by Crippen LogP contribution is -2.36. The minimum atomic E-state index is -1.55. The molecule has 1 heterocycles. The SMILES string of the molecule is COc1cc([C@@H]2Oc3cc(OC)c(OC)c(OC)c3C(=O)[C@@H]2O)cc(OC)c1O. The van der Waals surface area contributed by atoms with Crippen LogP contribution in [0.25, 0.3) is 0 Å². The third-order valence-corrected chi connectivity index (χ3v) is 4.68. The molecule has 1 aliphatic heterocycles. The molecule has 0 fully saturated rings. The maximum atomic E-state index is 13.0. The molecule has 0 saturated heterocycles. The first kappa shape index (κ1) is 20.4. The summed E-state index contributed by atoms with van der Waals surface area (Å²) in [6.07, 6.45) is -2.63. The molecule has 2 atom stereocenters. The van der Waals surface area contributed by atoms with Gasteiger partial charge in [-0.2, -0.15) is 0 Å². The predicted octanol–water partition coefficient (Wildman–Crippen LogP) is 2.11. The van der Waals surface area contributed by atoms with Gasteiger partial charge in [-0.1, -0.05) is 0 Å². The average molecular weight is 406 g/mol. The maximum absolute atomic E-state index is 13.0. The van der Waals surface area contributed by atoms with E-state index in [0.717, 1.165) is 0 Å². The maximum Gasteiger partial charge on any atom is 0.204 e. The van der Waals surface area contributed by atoms with E-state index < -0.39 is 18.0 Å². The van der Waals surface area contributed by atoms with Crippen molar-refractivity contribution in [1.29, 1.82) is 0 Å². The summed E-state index contributed by atoms with van der Waals surface area (Å²) in [4.78, 5) is 13.0. The molecule has 0 radical (unpaired) electrons. The van der Waals surface area contributed by atoms with Crippen LogP contribution in [0.15, 0.2) is 18.2 Å². The summed E-state index contributed by atoms with van der Waals surface area (Å²) in [7, 11) is 6.97. The molecule has 0 unspecified atom stereocenters. The summed E-state index contributed by atoms with van der Waals surface area (Å²) in [5.41, 5.74) is 0.420. The van der Waals surface area contributed by atoms with Crippen molar-refractivity contribution in [3.8, 4) is 40.2 Å². The van der Waals surface area contributed by atoms with Crippen molar-refractivity contribution in [3.63, 3.8) is 0 Å². The van der Waals surface area contributed by atoms with Gasteiger partial charge in [0.2, 0.25) is 17.3 Å². The van der Waals surface area contributed by atoms with E-state index in [-0.39, 0.29) is 40.1 Å². The van der Waals surface area contributed by atoms with E-state index >= 15 is 0 Å². The summed E-state index contributed by atoms with van der Waals surface area (Å²) in [5, 5.41) is 20.8. The molecule has 9 heteroatoms. The number of aromatic hydroxyl groups is 1. The first-order valence-electron chi connectivity index (χ1n) is 8.58. The van der Waals surface area contributed by atoms with E-state index in [2.05, 4.69) is 0 Å². The van der Waals surface area contributed by atoms with Gasteiger partial charge in [0.15, 0.2) is 35.2 Å². The Morgan fingerprint density at radius 1 is 0.828 bits per heavy atom. The van der Waals surface area contributed by atoms with Gasteiger partial charge >= 0.3 is 0 Å². The minimum Gasteiger partial charge on any atom is -0.502 e. The van der Waals surface area contributed by atoms with E-state index in [9.17, 15) is 15.0 Å². The molecule has 2 N–H and O–H groups in total. The third-order valence-electron chi connectivity index (χ3n) is 4.68. The van der Waals surface area contributed by atoms with Crippen molar-refractivity contribution in [2.45, 2.75) is 12.2 Å². The normalized spacial score (nSPS) is 17.8. The van der Waals surface area contributed by atoms with Crippen LogP contribution in [0, 0.1) is 0 Å². The second kappa shape index (κ2) is 7.96. The number of hydrogen-bond donors (Lipinski definition) is 2. The van der Waals surface area contributed by atoms with Gasteiger partial charge in [0.25, 0.3) is 0 Å². The van der Waals surface area contributed by atoms with Crippen LogP contribution in [0.1, 0.15) is 22.0 Å². The lowest BCUT2D eigenvalue weighted by Gasteiger charge is -2.31. The van der Waals surface area contributed by atoms with E-state index in [1.807, 2.05) is 0 Å². The van der Waals surface area contributed by atoms with E-state index in [4.69, 9.17) is 28.4 Å². The van der Waals surface area contributed by atoms with Crippen molar-refractivity contribution >= 4 is 5.78 Å². The van der Waals surface area contributed by atoms with E-state index in [1.165, 1.54) is 53.7 Å². The molecule has 9 nitrogen and oxygen atoms in total. The zero-order chi connectivity index (χ0) is 21.3. The lowest BCUT2D eigenvalue weighted by molar-refractivity contribution is 0.0207. The molecule has 1 aliphatic rings. The Morgan fingerprint density at radius 3 is 1.86 bits per heavy atom. The van der Waals surface area contributed by atoms with Gasteiger partial charge in [-0.15, -0.1) is 0 Å². The van der Waals surface area contributed by atoms with Crippen molar-refractivity contribution in [2.75, 3.05) is 35.5 Å². The highest BCUT2D eigenvalue weighted by molar-refractivity contribution is 6.06. The van der Waals surface area contributed by atoms with Gasteiger partial charge in [0.1, 0.15) is 11.3 Å². The lowest BCUT2D eigenvalue weighted by atomic mass is 9.92. The van der Waals surface area contributed by atoms with Crippen LogP contribution >= 0.6 is 0 Å². The highest BCUT2D eigenvalue weighted by Gasteiger charge is 2.41. The van der Waals surface area contributed by atoms with Crippen molar-refractivity contribution in [3.05, 3.63) is 29.3 Å². The summed E-state index contributed by atoms with van der Waals surface area (Å²) in [6.45, 7) is 0. The number of methoxy groups -OCH3 is 5. The van der Waals surface area contributed by atoms with Crippen LogP contribution in [-0.2, 0) is 0 Å². The third kappa shape index (κ3) is 3.23. The van der Waals surface area contributed by atoms with Gasteiger partial charge in [-0.05, 0) is 12.1 Å². The number of aliphatic hydroxyl groups is 1. The highest BCUT2D eigenvalue weighted by atomic mass is 16.5. The van der Waals surface area contributed by atoms with Gasteiger partial charge in [0, 0.05) is 11.6 Å². The largest absolute Gasteiger partial charge is 0.502 e.